The molecule has 0 aliphatic heterocycles. The second kappa shape index (κ2) is 4.77. The first-order valence-electron chi connectivity index (χ1n) is 4.15. The predicted molar refractivity (Wildman–Crippen MR) is 53.9 cm³/mol. The number of carbonyl (C=O) groups is 1. The first kappa shape index (κ1) is 12.2. The van der Waals surface area contributed by atoms with Crippen LogP contribution in [0.5, 0.6) is 0 Å². The molecule has 4 nitrogen and oxygen atoms in total. The maximum absolute atomic E-state index is 12.5. The van der Waals surface area contributed by atoms with E-state index >= 15 is 0 Å². The Balaban J connectivity index is 2.87. The Labute approximate surface area is 91.9 Å². The van der Waals surface area contributed by atoms with Crippen molar-refractivity contribution < 1.29 is 22.2 Å². The van der Waals surface area contributed by atoms with Crippen molar-refractivity contribution in [2.75, 3.05) is 0 Å². The van der Waals surface area contributed by atoms with Crippen molar-refractivity contribution in [3.63, 3.8) is 0 Å². The van der Waals surface area contributed by atoms with Crippen LogP contribution in [0.1, 0.15) is 12.0 Å². The summed E-state index contributed by atoms with van der Waals surface area (Å²) in [6.45, 7) is 0. The van der Waals surface area contributed by atoms with Gasteiger partial charge in [0.2, 0.25) is 0 Å². The van der Waals surface area contributed by atoms with E-state index in [0.29, 0.717) is 5.56 Å². The molecule has 0 radical (unpaired) electrons. The highest BCUT2D eigenvalue weighted by Gasteiger charge is 2.10. The number of aliphatic carboxylic acids is 1. The second-order valence-corrected chi connectivity index (χ2v) is 4.18. The van der Waals surface area contributed by atoms with Crippen LogP contribution in [-0.2, 0) is 15.0 Å². The molecule has 1 aromatic carbocycles. The third-order valence-electron chi connectivity index (χ3n) is 1.61. The summed E-state index contributed by atoms with van der Waals surface area (Å²) in [7, 11) is -4.70. The SMILES string of the molecule is O=C(O)CC#Cc1ccc(S(=O)(=O)F)cc1. The van der Waals surface area contributed by atoms with Crippen LogP contribution in [0, 0.1) is 11.8 Å². The van der Waals surface area contributed by atoms with Gasteiger partial charge >= 0.3 is 16.2 Å². The van der Waals surface area contributed by atoms with Crippen LogP contribution >= 0.6 is 0 Å². The van der Waals surface area contributed by atoms with Gasteiger partial charge in [0, 0.05) is 5.56 Å². The highest BCUT2D eigenvalue weighted by Crippen LogP contribution is 2.12. The molecule has 1 aromatic rings. The van der Waals surface area contributed by atoms with Crippen molar-refractivity contribution in [1.82, 2.24) is 0 Å². The number of rotatable bonds is 2. The van der Waals surface area contributed by atoms with Gasteiger partial charge in [0.1, 0.15) is 6.42 Å². The Morgan fingerprint density at radius 2 is 1.88 bits per heavy atom. The monoisotopic (exact) mass is 242 g/mol. The van der Waals surface area contributed by atoms with E-state index in [0.717, 1.165) is 12.1 Å². The number of carboxylic acids is 1. The smallest absolute Gasteiger partial charge is 0.332 e. The van der Waals surface area contributed by atoms with Crippen molar-refractivity contribution in [3.8, 4) is 11.8 Å². The molecule has 0 saturated heterocycles. The number of halogens is 1. The van der Waals surface area contributed by atoms with Gasteiger partial charge in [-0.25, -0.2) is 0 Å². The van der Waals surface area contributed by atoms with Crippen LogP contribution in [0.3, 0.4) is 0 Å². The van der Waals surface area contributed by atoms with Crippen LogP contribution in [0.15, 0.2) is 29.2 Å². The summed E-state index contributed by atoms with van der Waals surface area (Å²) in [6, 6.07) is 4.75. The quantitative estimate of drug-likeness (QED) is 0.624. The molecular formula is C10H7FO4S. The molecule has 0 aliphatic carbocycles. The highest BCUT2D eigenvalue weighted by molar-refractivity contribution is 7.86. The Hall–Kier alpha value is -1.87. The molecule has 0 spiro atoms. The summed E-state index contributed by atoms with van der Waals surface area (Å²) in [6.07, 6.45) is -0.302. The van der Waals surface area contributed by atoms with Crippen molar-refractivity contribution >= 4 is 16.2 Å². The van der Waals surface area contributed by atoms with Gasteiger partial charge in [0.15, 0.2) is 0 Å². The van der Waals surface area contributed by atoms with Crippen LogP contribution in [-0.4, -0.2) is 19.5 Å². The Kier molecular flexibility index (Phi) is 3.64. The molecule has 0 bridgehead atoms. The molecule has 0 aromatic heterocycles. The van der Waals surface area contributed by atoms with E-state index in [9.17, 15) is 17.1 Å². The summed E-state index contributed by atoms with van der Waals surface area (Å²) in [5.74, 6) is 3.83. The van der Waals surface area contributed by atoms with Gasteiger partial charge in [-0.2, -0.15) is 8.42 Å². The minimum absolute atomic E-state index is 0.302. The molecule has 1 rings (SSSR count). The Bertz CT molecular complexity index is 549. The maximum Gasteiger partial charge on any atom is 0.332 e. The third-order valence-corrected chi connectivity index (χ3v) is 2.44. The van der Waals surface area contributed by atoms with E-state index in [1.165, 1.54) is 12.1 Å². The van der Waals surface area contributed by atoms with Crippen LogP contribution in [0.25, 0.3) is 0 Å². The molecule has 1 N–H and O–H groups in total. The fourth-order valence-electron chi connectivity index (χ4n) is 0.923. The average molecular weight is 242 g/mol. The van der Waals surface area contributed by atoms with Crippen molar-refractivity contribution in [1.29, 1.82) is 0 Å². The first-order valence-corrected chi connectivity index (χ1v) is 5.53. The predicted octanol–water partition coefficient (Wildman–Crippen LogP) is 1.17. The van der Waals surface area contributed by atoms with Crippen molar-refractivity contribution in [2.24, 2.45) is 0 Å². The Morgan fingerprint density at radius 3 is 2.31 bits per heavy atom. The van der Waals surface area contributed by atoms with Gasteiger partial charge in [-0.1, -0.05) is 11.8 Å². The zero-order chi connectivity index (χ0) is 12.2. The van der Waals surface area contributed by atoms with E-state index < -0.39 is 21.1 Å². The fraction of sp³-hybridized carbons (Fsp3) is 0.100. The molecular weight excluding hydrogens is 235 g/mol. The van der Waals surface area contributed by atoms with Gasteiger partial charge in [-0.05, 0) is 24.3 Å². The van der Waals surface area contributed by atoms with Gasteiger partial charge in [0.25, 0.3) is 0 Å². The normalized spacial score (nSPS) is 10.3. The molecule has 84 valence electrons. The molecule has 0 saturated carbocycles. The molecule has 0 aliphatic rings. The minimum atomic E-state index is -4.70. The van der Waals surface area contributed by atoms with Crippen LogP contribution < -0.4 is 0 Å². The molecule has 0 amide bonds. The van der Waals surface area contributed by atoms with Crippen LogP contribution in [0.2, 0.25) is 0 Å². The maximum atomic E-state index is 12.5. The van der Waals surface area contributed by atoms with E-state index in [2.05, 4.69) is 11.8 Å². The number of benzene rings is 1. The van der Waals surface area contributed by atoms with E-state index in [1.807, 2.05) is 0 Å². The fourth-order valence-corrected chi connectivity index (χ4v) is 1.38. The molecule has 0 heterocycles. The largest absolute Gasteiger partial charge is 0.481 e. The van der Waals surface area contributed by atoms with Crippen molar-refractivity contribution in [3.05, 3.63) is 29.8 Å². The summed E-state index contributed by atoms with van der Waals surface area (Å²) in [4.78, 5) is 9.70. The standard InChI is InChI=1S/C10H7FO4S/c11-16(14,15)9-6-4-8(5-7-9)2-1-3-10(12)13/h4-7H,3H2,(H,12,13). The summed E-state index contributed by atoms with van der Waals surface area (Å²) in [5, 5.41) is 8.31. The lowest BCUT2D eigenvalue weighted by molar-refractivity contribution is -0.135. The zero-order valence-corrected chi connectivity index (χ0v) is 8.79. The lowest BCUT2D eigenvalue weighted by Crippen LogP contribution is -1.92. The molecule has 0 fully saturated rings. The molecule has 6 heteroatoms. The number of hydrogen-bond donors (Lipinski definition) is 1. The summed E-state index contributed by atoms with van der Waals surface area (Å²) >= 11 is 0. The first-order chi connectivity index (χ1) is 7.39. The molecule has 16 heavy (non-hydrogen) atoms. The molecule has 0 atom stereocenters. The lowest BCUT2D eigenvalue weighted by Gasteiger charge is -1.94. The van der Waals surface area contributed by atoms with Gasteiger partial charge < -0.3 is 5.11 Å². The van der Waals surface area contributed by atoms with Crippen molar-refractivity contribution in [2.45, 2.75) is 11.3 Å². The van der Waals surface area contributed by atoms with Gasteiger partial charge in [0.05, 0.1) is 4.90 Å². The summed E-state index contributed by atoms with van der Waals surface area (Å²) < 4.78 is 33.4. The third kappa shape index (κ3) is 3.71. The van der Waals surface area contributed by atoms with Crippen LogP contribution in [0.4, 0.5) is 3.89 Å². The zero-order valence-electron chi connectivity index (χ0n) is 7.97. The number of hydrogen-bond acceptors (Lipinski definition) is 3. The number of carboxylic acid groups (broad SMARTS) is 1. The Morgan fingerprint density at radius 1 is 1.31 bits per heavy atom. The lowest BCUT2D eigenvalue weighted by atomic mass is 10.2. The molecule has 0 unspecified atom stereocenters. The van der Waals surface area contributed by atoms with Gasteiger partial charge in [-0.3, -0.25) is 4.79 Å². The van der Waals surface area contributed by atoms with E-state index in [-0.39, 0.29) is 6.42 Å². The highest BCUT2D eigenvalue weighted by atomic mass is 32.3. The second-order valence-electron chi connectivity index (χ2n) is 2.83. The average Bonchev–Trinajstić information content (AvgIpc) is 2.16. The summed E-state index contributed by atoms with van der Waals surface area (Å²) in [5.41, 5.74) is 0.425. The van der Waals surface area contributed by atoms with E-state index in [4.69, 9.17) is 5.11 Å². The minimum Gasteiger partial charge on any atom is -0.481 e. The van der Waals surface area contributed by atoms with E-state index in [1.54, 1.807) is 0 Å². The topological polar surface area (TPSA) is 71.4 Å². The van der Waals surface area contributed by atoms with Gasteiger partial charge in [-0.15, -0.1) is 3.89 Å².